The highest BCUT2D eigenvalue weighted by atomic mass is 16.5. The van der Waals surface area contributed by atoms with E-state index in [1.165, 1.54) is 21.1 Å². The Balaban J connectivity index is 1.80. The molecule has 0 spiro atoms. The Morgan fingerprint density at radius 1 is 0.946 bits per heavy atom. The minimum Gasteiger partial charge on any atom is -0.507 e. The molecule has 0 saturated heterocycles. The number of rotatable bonds is 3. The van der Waals surface area contributed by atoms with Gasteiger partial charge < -0.3 is 40.0 Å². The summed E-state index contributed by atoms with van der Waals surface area (Å²) >= 11 is 0. The maximum atomic E-state index is 14.5. The van der Waals surface area contributed by atoms with Crippen LogP contribution in [0.15, 0.2) is 54.3 Å². The third-order valence-corrected chi connectivity index (χ3v) is 11.1. The van der Waals surface area contributed by atoms with E-state index in [1.807, 2.05) is 26.0 Å². The number of ether oxygens (including phenoxy) is 3. The number of aryl methyl sites for hydroxylation is 1. The van der Waals surface area contributed by atoms with E-state index >= 15 is 0 Å². The lowest BCUT2D eigenvalue weighted by Gasteiger charge is -2.38. The Labute approximate surface area is 326 Å². The number of anilines is 1. The molecule has 56 heavy (non-hydrogen) atoms. The van der Waals surface area contributed by atoms with Gasteiger partial charge in [-0.2, -0.15) is 0 Å². The fraction of sp³-hybridized carbons (Fsp3) is 0.442. The quantitative estimate of drug-likeness (QED) is 0.0872. The second-order valence-corrected chi connectivity index (χ2v) is 15.0. The smallest absolute Gasteiger partial charge is 0.302 e. The molecular weight excluding hydrogens is 718 g/mol. The van der Waals surface area contributed by atoms with Gasteiger partial charge in [-0.05, 0) is 38.5 Å². The third-order valence-electron chi connectivity index (χ3n) is 11.1. The van der Waals surface area contributed by atoms with Crippen molar-refractivity contribution in [3.8, 4) is 17.2 Å². The number of hydrogen-bond donors (Lipinski definition) is 5. The van der Waals surface area contributed by atoms with Crippen molar-refractivity contribution in [2.75, 3.05) is 19.5 Å². The van der Waals surface area contributed by atoms with Crippen LogP contribution >= 0.6 is 0 Å². The number of Topliss-reactive ketones (excluding diaryl/α,β-unsaturated/α-hetero) is 1. The van der Waals surface area contributed by atoms with Crippen LogP contribution in [0, 0.1) is 37.5 Å². The molecule has 1 amide bonds. The molecule has 3 heterocycles. The number of methoxy groups -OCH3 is 2. The number of pyridine rings is 1. The number of aliphatic hydroxyl groups is 2. The predicted molar refractivity (Wildman–Crippen MR) is 214 cm³/mol. The molecule has 2 bridgehead atoms. The van der Waals surface area contributed by atoms with Gasteiger partial charge >= 0.3 is 5.97 Å². The number of hydrogen-bond acceptors (Lipinski definition) is 11. The van der Waals surface area contributed by atoms with Crippen LogP contribution in [-0.4, -0.2) is 86.1 Å². The zero-order chi connectivity index (χ0) is 41.3. The van der Waals surface area contributed by atoms with Crippen LogP contribution in [0.3, 0.4) is 0 Å². The summed E-state index contributed by atoms with van der Waals surface area (Å²) in [5.41, 5.74) is 2.37. The molecule has 4 aromatic rings. The average Bonchev–Trinajstić information content (AvgIpc) is 3.54. The molecule has 0 radical (unpaired) electrons. The maximum Gasteiger partial charge on any atom is 0.302 e. The van der Waals surface area contributed by atoms with Crippen molar-refractivity contribution in [2.24, 2.45) is 23.7 Å². The van der Waals surface area contributed by atoms with Crippen molar-refractivity contribution >= 4 is 50.8 Å². The van der Waals surface area contributed by atoms with Gasteiger partial charge in [0.2, 0.25) is 0 Å². The first-order valence-electron chi connectivity index (χ1n) is 18.7. The molecular formula is C43H53N3O10. The summed E-state index contributed by atoms with van der Waals surface area (Å²) in [5.74, 6) is -4.54. The topological polar surface area (TPSA) is 189 Å². The first kappa shape index (κ1) is 41.9. The normalized spacial score (nSPS) is 28.0. The Kier molecular flexibility index (Phi) is 12.6. The minimum absolute atomic E-state index is 0.0258. The van der Waals surface area contributed by atoms with Crippen molar-refractivity contribution in [3.63, 3.8) is 0 Å². The highest BCUT2D eigenvalue weighted by molar-refractivity contribution is 6.26. The van der Waals surface area contributed by atoms with Crippen molar-refractivity contribution < 1.29 is 49.0 Å². The number of phenolic OH excluding ortho intramolecular Hbond substituents is 2. The lowest BCUT2D eigenvalue weighted by atomic mass is 9.78. The number of amides is 1. The Morgan fingerprint density at radius 2 is 1.64 bits per heavy atom. The van der Waals surface area contributed by atoms with Gasteiger partial charge in [-0.3, -0.25) is 18.8 Å². The van der Waals surface area contributed by atoms with E-state index in [0.717, 1.165) is 5.56 Å². The second kappa shape index (κ2) is 16.9. The van der Waals surface area contributed by atoms with Crippen LogP contribution in [0.5, 0.6) is 17.2 Å². The summed E-state index contributed by atoms with van der Waals surface area (Å²) < 4.78 is 19.1. The third kappa shape index (κ3) is 7.75. The monoisotopic (exact) mass is 771 g/mol. The molecule has 0 fully saturated rings. The Bertz CT molecular complexity index is 2270. The van der Waals surface area contributed by atoms with Crippen molar-refractivity contribution in [1.82, 2.24) is 9.38 Å². The first-order valence-corrected chi connectivity index (χ1v) is 18.7. The SMILES string of the molecule is COc1c(C)c(O)c2c(O)c3c4c(nc5cc(C)ccn54)c2c1C(=O)C/C=C/C(OC)[C@@H](C)[C@@H](OC(C)=O)[C@H](C)[C@H](O)[C@H](C)[C@@H](O)[C@@H](C)/C=C/C=C(/C)C(=O)N3. The zero-order valence-electron chi connectivity index (χ0n) is 33.6. The van der Waals surface area contributed by atoms with Crippen LogP contribution in [0.25, 0.3) is 27.5 Å². The van der Waals surface area contributed by atoms with Gasteiger partial charge in [0.1, 0.15) is 40.0 Å². The Hall–Kier alpha value is -5.24. The summed E-state index contributed by atoms with van der Waals surface area (Å²) in [6.07, 6.45) is 6.16. The minimum atomic E-state index is -1.09. The van der Waals surface area contributed by atoms with Gasteiger partial charge in [0.25, 0.3) is 5.91 Å². The molecule has 0 saturated carbocycles. The van der Waals surface area contributed by atoms with Crippen LogP contribution < -0.4 is 10.1 Å². The fourth-order valence-electron chi connectivity index (χ4n) is 7.83. The number of nitrogens with one attached hydrogen (secondary N) is 1. The summed E-state index contributed by atoms with van der Waals surface area (Å²) in [6, 6.07) is 3.66. The van der Waals surface area contributed by atoms with E-state index in [9.17, 15) is 34.8 Å². The number of benzene rings is 2. The number of ketones is 1. The summed E-state index contributed by atoms with van der Waals surface area (Å²) in [6.45, 7) is 13.4. The van der Waals surface area contributed by atoms with E-state index in [0.29, 0.717) is 5.65 Å². The summed E-state index contributed by atoms with van der Waals surface area (Å²) in [5, 5.41) is 49.4. The van der Waals surface area contributed by atoms with Gasteiger partial charge in [-0.25, -0.2) is 4.98 Å². The number of aliphatic hydroxyl groups excluding tert-OH is 2. The van der Waals surface area contributed by atoms with Crippen LogP contribution in [0.2, 0.25) is 0 Å². The number of aromatic hydroxyl groups is 2. The molecule has 300 valence electrons. The average molecular weight is 772 g/mol. The molecule has 2 aromatic carbocycles. The molecule has 13 heteroatoms. The number of allylic oxidation sites excluding steroid dienone is 3. The highest BCUT2D eigenvalue weighted by Crippen LogP contribution is 2.51. The van der Waals surface area contributed by atoms with Gasteiger partial charge in [0.15, 0.2) is 11.5 Å². The van der Waals surface area contributed by atoms with E-state index < -0.39 is 71.5 Å². The molecule has 1 unspecified atom stereocenters. The molecule has 13 nitrogen and oxygen atoms in total. The lowest BCUT2D eigenvalue weighted by Crippen LogP contribution is -2.46. The lowest BCUT2D eigenvalue weighted by molar-refractivity contribution is -0.160. The van der Waals surface area contributed by atoms with Crippen molar-refractivity contribution in [1.29, 1.82) is 0 Å². The number of carbonyl (C=O) groups is 3. The molecule has 2 aromatic heterocycles. The van der Waals surface area contributed by atoms with Gasteiger partial charge in [0, 0.05) is 66.8 Å². The van der Waals surface area contributed by atoms with Crippen molar-refractivity contribution in [2.45, 2.75) is 86.2 Å². The number of carbonyl (C=O) groups excluding carboxylic acids is 3. The summed E-state index contributed by atoms with van der Waals surface area (Å²) in [7, 11) is 2.87. The molecule has 1 aliphatic heterocycles. The fourth-order valence-corrected chi connectivity index (χ4v) is 7.83. The number of fused-ring (bicyclic) bond motifs is 1. The summed E-state index contributed by atoms with van der Waals surface area (Å²) in [4.78, 5) is 45.5. The largest absolute Gasteiger partial charge is 0.507 e. The molecule has 5 rings (SSSR count). The van der Waals surface area contributed by atoms with Gasteiger partial charge in [-0.1, -0.05) is 58.1 Å². The van der Waals surface area contributed by atoms with Crippen LogP contribution in [-0.2, 0) is 19.1 Å². The second-order valence-electron chi connectivity index (χ2n) is 15.0. The van der Waals surface area contributed by atoms with E-state index in [4.69, 9.17) is 19.2 Å². The number of imidazole rings is 1. The van der Waals surface area contributed by atoms with E-state index in [-0.39, 0.29) is 62.1 Å². The number of esters is 1. The molecule has 1 aliphatic rings. The van der Waals surface area contributed by atoms with Gasteiger partial charge in [-0.15, -0.1) is 0 Å². The number of nitrogens with zero attached hydrogens (tertiary/aromatic N) is 2. The zero-order valence-corrected chi connectivity index (χ0v) is 33.6. The van der Waals surface area contributed by atoms with E-state index in [1.54, 1.807) is 75.6 Å². The first-order chi connectivity index (χ1) is 26.4. The van der Waals surface area contributed by atoms with Gasteiger partial charge in [0.05, 0.1) is 36.4 Å². The van der Waals surface area contributed by atoms with Crippen molar-refractivity contribution in [3.05, 3.63) is 71.0 Å². The molecule has 8 atom stereocenters. The Morgan fingerprint density at radius 3 is 2.29 bits per heavy atom. The van der Waals surface area contributed by atoms with Crippen LogP contribution in [0.1, 0.15) is 69.4 Å². The van der Waals surface area contributed by atoms with Crippen LogP contribution in [0.4, 0.5) is 5.69 Å². The highest BCUT2D eigenvalue weighted by Gasteiger charge is 2.39. The maximum absolute atomic E-state index is 14.5. The number of aromatic nitrogens is 2. The molecule has 0 aliphatic carbocycles. The molecule has 5 N–H and O–H groups in total. The number of phenols is 2. The predicted octanol–water partition coefficient (Wildman–Crippen LogP) is 6.47. The van der Waals surface area contributed by atoms with E-state index in [2.05, 4.69) is 5.32 Å². The standard InChI is InChI=1S/C43H53N3O10/c1-20-17-18-46-30(19-20)44-34-32-31-28(48)15-12-16-29(54-9)23(4)41(56-27(8)47)25(6)38(50)24(5)37(49)21(2)13-11-14-22(3)43(53)45-35(36(34)46)40(52)33(32)39(51)26(7)42(31)55-10/h11-14,16-19,21,23-25,29,37-38,41,49-52H,15H2,1-10H3,(H,45,53)/b13-11+,16-12+,22-14-/t21-,23+,24+,25+,29?,37-,38+,41+/m0/s1.